The number of ether oxygens (including phenoxy) is 1. The highest BCUT2D eigenvalue weighted by Gasteiger charge is 2.39. The normalized spacial score (nSPS) is 32.4. The van der Waals surface area contributed by atoms with Crippen LogP contribution >= 0.6 is 0 Å². The predicted octanol–water partition coefficient (Wildman–Crippen LogP) is -2.54. The predicted molar refractivity (Wildman–Crippen MR) is 59.1 cm³/mol. The molecule has 18 heavy (non-hydrogen) atoms. The second kappa shape index (κ2) is 4.65. The average molecular weight is 258 g/mol. The van der Waals surface area contributed by atoms with Crippen LogP contribution in [0.5, 0.6) is 0 Å². The van der Waals surface area contributed by atoms with E-state index in [1.54, 1.807) is 0 Å². The van der Waals surface area contributed by atoms with Gasteiger partial charge in [0.1, 0.15) is 18.3 Å². The van der Waals surface area contributed by atoms with Gasteiger partial charge in [-0.05, 0) is 6.92 Å². The third-order valence-electron chi connectivity index (χ3n) is 2.89. The van der Waals surface area contributed by atoms with Gasteiger partial charge in [0.25, 0.3) is 5.56 Å². The molecule has 1 aliphatic heterocycles. The van der Waals surface area contributed by atoms with E-state index in [0.717, 1.165) is 4.57 Å². The van der Waals surface area contributed by atoms with Crippen LogP contribution in [-0.2, 0) is 4.74 Å². The third-order valence-corrected chi connectivity index (χ3v) is 2.89. The Hall–Kier alpha value is -1.48. The van der Waals surface area contributed by atoms with Crippen molar-refractivity contribution in [2.75, 3.05) is 6.61 Å². The van der Waals surface area contributed by atoms with Gasteiger partial charge in [-0.15, -0.1) is 0 Å². The number of aliphatic hydroxyl groups excluding tert-OH is 3. The number of nitrogens with zero attached hydrogens (tertiary/aromatic N) is 1. The minimum Gasteiger partial charge on any atom is -0.388 e. The van der Waals surface area contributed by atoms with Crippen molar-refractivity contribution >= 4 is 0 Å². The molecule has 0 spiro atoms. The number of hydrogen-bond acceptors (Lipinski definition) is 6. The maximum Gasteiger partial charge on any atom is 0.330 e. The number of aromatic nitrogens is 2. The fraction of sp³-hybridized carbons (Fsp3) is 0.600. The van der Waals surface area contributed by atoms with Gasteiger partial charge < -0.3 is 20.1 Å². The van der Waals surface area contributed by atoms with Crippen LogP contribution in [0, 0.1) is 6.92 Å². The molecule has 1 aromatic heterocycles. The van der Waals surface area contributed by atoms with Gasteiger partial charge in [-0.2, -0.15) is 0 Å². The number of aryl methyl sites for hydroxylation is 1. The van der Waals surface area contributed by atoms with Crippen molar-refractivity contribution < 1.29 is 20.1 Å². The molecule has 0 bridgehead atoms. The molecule has 1 fully saturated rings. The Kier molecular flexibility index (Phi) is 3.35. The second-order valence-corrected chi connectivity index (χ2v) is 4.25. The Morgan fingerprint density at radius 2 is 2.00 bits per heavy atom. The first kappa shape index (κ1) is 13.0. The van der Waals surface area contributed by atoms with Crippen molar-refractivity contribution in [1.29, 1.82) is 0 Å². The summed E-state index contributed by atoms with van der Waals surface area (Å²) in [6.07, 6.45) is -4.00. The van der Waals surface area contributed by atoms with E-state index in [1.165, 1.54) is 13.1 Å². The lowest BCUT2D eigenvalue weighted by molar-refractivity contribution is -0.212. The maximum atomic E-state index is 11.6. The number of hydrogen-bond donors (Lipinski definition) is 4. The van der Waals surface area contributed by atoms with Gasteiger partial charge in [-0.25, -0.2) is 4.79 Å². The number of H-pyrrole nitrogens is 1. The zero-order chi connectivity index (χ0) is 13.4. The number of aromatic amines is 1. The van der Waals surface area contributed by atoms with Gasteiger partial charge in [-0.1, -0.05) is 0 Å². The van der Waals surface area contributed by atoms with E-state index in [-0.39, 0.29) is 12.2 Å². The highest BCUT2D eigenvalue weighted by atomic mass is 16.5. The molecule has 0 radical (unpaired) electrons. The average Bonchev–Trinajstić information content (AvgIpc) is 2.32. The Bertz CT molecular complexity index is 550. The second-order valence-electron chi connectivity index (χ2n) is 4.25. The van der Waals surface area contributed by atoms with E-state index in [9.17, 15) is 24.9 Å². The van der Waals surface area contributed by atoms with Crippen molar-refractivity contribution in [1.82, 2.24) is 9.55 Å². The third kappa shape index (κ3) is 2.10. The van der Waals surface area contributed by atoms with Crippen molar-refractivity contribution in [2.24, 2.45) is 0 Å². The van der Waals surface area contributed by atoms with Gasteiger partial charge >= 0.3 is 5.69 Å². The van der Waals surface area contributed by atoms with Gasteiger partial charge in [0.05, 0.1) is 6.61 Å². The molecule has 1 unspecified atom stereocenters. The smallest absolute Gasteiger partial charge is 0.330 e. The Balaban J connectivity index is 2.41. The zero-order valence-electron chi connectivity index (χ0n) is 9.61. The first-order valence-electron chi connectivity index (χ1n) is 5.39. The Morgan fingerprint density at radius 1 is 1.33 bits per heavy atom. The van der Waals surface area contributed by atoms with Gasteiger partial charge in [-0.3, -0.25) is 14.3 Å². The van der Waals surface area contributed by atoms with E-state index < -0.39 is 35.8 Å². The molecule has 1 aromatic rings. The quantitative estimate of drug-likeness (QED) is 0.440. The first-order valence-corrected chi connectivity index (χ1v) is 5.39. The van der Waals surface area contributed by atoms with Crippen LogP contribution in [-0.4, -0.2) is 49.8 Å². The molecule has 1 saturated heterocycles. The molecular weight excluding hydrogens is 244 g/mol. The van der Waals surface area contributed by atoms with Crippen LogP contribution in [0.15, 0.2) is 15.8 Å². The molecule has 0 saturated carbocycles. The van der Waals surface area contributed by atoms with Crippen molar-refractivity contribution in [3.8, 4) is 0 Å². The SMILES string of the molecule is Cc1cn(C2OC[C@@H](O)[C@H](O)[C@H]2O)c(=O)[nH]c1=O. The monoisotopic (exact) mass is 258 g/mol. The number of rotatable bonds is 1. The van der Waals surface area contributed by atoms with Crippen LogP contribution in [0.3, 0.4) is 0 Å². The van der Waals surface area contributed by atoms with Crippen LogP contribution in [0.4, 0.5) is 0 Å². The standard InChI is InChI=1S/C10H14N2O6/c1-4-2-12(10(17)11-8(4)16)9-7(15)6(14)5(13)3-18-9/h2,5-7,9,13-15H,3H2,1H3,(H,11,16,17)/t5-,6+,7-,9?/m1/s1. The van der Waals surface area contributed by atoms with Crippen molar-refractivity contribution in [2.45, 2.75) is 31.5 Å². The van der Waals surface area contributed by atoms with Crippen molar-refractivity contribution in [3.05, 3.63) is 32.6 Å². The van der Waals surface area contributed by atoms with Gasteiger partial charge in [0, 0.05) is 11.8 Å². The molecule has 1 aliphatic rings. The summed E-state index contributed by atoms with van der Waals surface area (Å²) >= 11 is 0. The molecule has 8 nitrogen and oxygen atoms in total. The lowest BCUT2D eigenvalue weighted by atomic mass is 10.0. The molecule has 2 rings (SSSR count). The molecule has 100 valence electrons. The van der Waals surface area contributed by atoms with Crippen LogP contribution in [0.25, 0.3) is 0 Å². The molecule has 2 heterocycles. The summed E-state index contributed by atoms with van der Waals surface area (Å²) in [5, 5.41) is 28.6. The van der Waals surface area contributed by atoms with Crippen LogP contribution < -0.4 is 11.2 Å². The summed E-state index contributed by atoms with van der Waals surface area (Å²) in [4.78, 5) is 24.9. The van der Waals surface area contributed by atoms with E-state index in [0.29, 0.717) is 0 Å². The maximum absolute atomic E-state index is 11.6. The summed E-state index contributed by atoms with van der Waals surface area (Å²) in [7, 11) is 0. The summed E-state index contributed by atoms with van der Waals surface area (Å²) < 4.78 is 6.10. The minimum atomic E-state index is -1.46. The highest BCUT2D eigenvalue weighted by Crippen LogP contribution is 2.22. The number of aliphatic hydroxyl groups is 3. The molecule has 4 N–H and O–H groups in total. The molecule has 0 amide bonds. The lowest BCUT2D eigenvalue weighted by Gasteiger charge is -2.35. The molecule has 0 aromatic carbocycles. The molecule has 0 aliphatic carbocycles. The fourth-order valence-corrected chi connectivity index (χ4v) is 1.81. The minimum absolute atomic E-state index is 0.215. The lowest BCUT2D eigenvalue weighted by Crippen LogP contribution is -2.52. The Morgan fingerprint density at radius 3 is 2.67 bits per heavy atom. The van der Waals surface area contributed by atoms with Gasteiger partial charge in [0.15, 0.2) is 6.23 Å². The summed E-state index contributed by atoms with van der Waals surface area (Å²) in [5.74, 6) is 0. The van der Waals surface area contributed by atoms with E-state index in [4.69, 9.17) is 4.74 Å². The van der Waals surface area contributed by atoms with Gasteiger partial charge in [0.2, 0.25) is 0 Å². The topological polar surface area (TPSA) is 125 Å². The van der Waals surface area contributed by atoms with E-state index in [2.05, 4.69) is 4.98 Å². The van der Waals surface area contributed by atoms with Crippen LogP contribution in [0.2, 0.25) is 0 Å². The van der Waals surface area contributed by atoms with E-state index >= 15 is 0 Å². The van der Waals surface area contributed by atoms with Crippen LogP contribution in [0.1, 0.15) is 11.8 Å². The van der Waals surface area contributed by atoms with Crippen molar-refractivity contribution in [3.63, 3.8) is 0 Å². The summed E-state index contributed by atoms with van der Waals surface area (Å²) in [5.41, 5.74) is -1.01. The molecular formula is C10H14N2O6. The largest absolute Gasteiger partial charge is 0.388 e. The fourth-order valence-electron chi connectivity index (χ4n) is 1.81. The van der Waals surface area contributed by atoms with E-state index in [1.807, 2.05) is 0 Å². The summed E-state index contributed by atoms with van der Waals surface area (Å²) in [6.45, 7) is 1.28. The Labute approximate surface area is 101 Å². The zero-order valence-corrected chi connectivity index (χ0v) is 9.61. The number of nitrogens with one attached hydrogen (secondary N) is 1. The molecule has 8 heteroatoms. The molecule has 4 atom stereocenters. The first-order chi connectivity index (χ1) is 8.41. The summed E-state index contributed by atoms with van der Waals surface area (Å²) in [6, 6.07) is 0. The highest BCUT2D eigenvalue weighted by molar-refractivity contribution is 5.02.